The minimum atomic E-state index is -0.206. The number of carbonyl (C=O) groups is 1. The Morgan fingerprint density at radius 1 is 1.67 bits per heavy atom. The van der Waals surface area contributed by atoms with E-state index in [0.717, 1.165) is 17.0 Å². The Hall–Kier alpha value is -1.89. The lowest BCUT2D eigenvalue weighted by atomic mass is 10.3. The predicted octanol–water partition coefficient (Wildman–Crippen LogP) is 0.819. The number of nitrogens with zero attached hydrogens (tertiary/aromatic N) is 2. The summed E-state index contributed by atoms with van der Waals surface area (Å²) in [6.45, 7) is 3.68. The molecule has 1 atom stereocenters. The van der Waals surface area contributed by atoms with Crippen molar-refractivity contribution in [3.8, 4) is 0 Å². The molecule has 2 aromatic heterocycles. The van der Waals surface area contributed by atoms with Crippen LogP contribution in [0.1, 0.15) is 24.5 Å². The van der Waals surface area contributed by atoms with Crippen molar-refractivity contribution in [2.75, 3.05) is 0 Å². The molecular formula is C11H14N4O2S. The lowest BCUT2D eigenvalue weighted by Crippen LogP contribution is -2.33. The van der Waals surface area contributed by atoms with Crippen LogP contribution in [0.3, 0.4) is 0 Å². The molecular weight excluding hydrogens is 252 g/mol. The van der Waals surface area contributed by atoms with Crippen molar-refractivity contribution in [2.24, 2.45) is 0 Å². The van der Waals surface area contributed by atoms with Gasteiger partial charge in [-0.05, 0) is 13.8 Å². The van der Waals surface area contributed by atoms with Gasteiger partial charge < -0.3 is 10.3 Å². The number of hydrogen-bond acceptors (Lipinski definition) is 4. The van der Waals surface area contributed by atoms with Gasteiger partial charge in [0.1, 0.15) is 12.4 Å². The number of imidazole rings is 1. The summed E-state index contributed by atoms with van der Waals surface area (Å²) in [5, 5.41) is 4.53. The van der Waals surface area contributed by atoms with Crippen molar-refractivity contribution in [1.82, 2.24) is 19.9 Å². The van der Waals surface area contributed by atoms with Crippen LogP contribution < -0.4 is 10.2 Å². The predicted molar refractivity (Wildman–Crippen MR) is 68.5 cm³/mol. The first-order chi connectivity index (χ1) is 8.58. The molecule has 0 saturated carbocycles. The first-order valence-corrected chi connectivity index (χ1v) is 6.39. The summed E-state index contributed by atoms with van der Waals surface area (Å²) in [4.78, 5) is 30.2. The lowest BCUT2D eigenvalue weighted by Gasteiger charge is -2.12. The van der Waals surface area contributed by atoms with E-state index in [1.54, 1.807) is 24.7 Å². The average molecular weight is 266 g/mol. The SMILES string of the molecule is Cc1csc(=O)n1CC(=O)NC(C)c1ncc[nH]1. The molecule has 1 amide bonds. The fourth-order valence-corrected chi connectivity index (χ4v) is 2.34. The highest BCUT2D eigenvalue weighted by atomic mass is 32.1. The van der Waals surface area contributed by atoms with Gasteiger partial charge in [0.25, 0.3) is 0 Å². The molecule has 2 rings (SSSR count). The number of amides is 1. The number of aromatic nitrogens is 3. The minimum absolute atomic E-state index is 0.0409. The number of H-pyrrole nitrogens is 1. The van der Waals surface area contributed by atoms with Crippen molar-refractivity contribution in [3.05, 3.63) is 39.0 Å². The van der Waals surface area contributed by atoms with Crippen LogP contribution >= 0.6 is 11.3 Å². The van der Waals surface area contributed by atoms with Gasteiger partial charge in [-0.1, -0.05) is 11.3 Å². The highest BCUT2D eigenvalue weighted by molar-refractivity contribution is 7.07. The second-order valence-electron chi connectivity index (χ2n) is 3.99. The van der Waals surface area contributed by atoms with E-state index in [0.29, 0.717) is 5.82 Å². The van der Waals surface area contributed by atoms with Crippen molar-refractivity contribution in [2.45, 2.75) is 26.4 Å². The average Bonchev–Trinajstić information content (AvgIpc) is 2.94. The van der Waals surface area contributed by atoms with Gasteiger partial charge >= 0.3 is 4.87 Å². The summed E-state index contributed by atoms with van der Waals surface area (Å²) in [5.41, 5.74) is 0.797. The van der Waals surface area contributed by atoms with Crippen LogP contribution in [0.5, 0.6) is 0 Å². The second kappa shape index (κ2) is 5.18. The summed E-state index contributed by atoms with van der Waals surface area (Å²) in [6, 6.07) is -0.206. The molecule has 0 bridgehead atoms. The van der Waals surface area contributed by atoms with E-state index in [4.69, 9.17) is 0 Å². The van der Waals surface area contributed by atoms with Gasteiger partial charge in [-0.3, -0.25) is 14.2 Å². The Morgan fingerprint density at radius 3 is 3.00 bits per heavy atom. The zero-order valence-corrected chi connectivity index (χ0v) is 11.0. The number of rotatable bonds is 4. The molecule has 2 N–H and O–H groups in total. The number of aromatic amines is 1. The summed E-state index contributed by atoms with van der Waals surface area (Å²) in [6.07, 6.45) is 3.33. The Bertz CT molecular complexity index is 584. The number of carbonyl (C=O) groups excluding carboxylic acids is 1. The fourth-order valence-electron chi connectivity index (χ4n) is 1.61. The van der Waals surface area contributed by atoms with Crippen molar-refractivity contribution in [3.63, 3.8) is 0 Å². The second-order valence-corrected chi connectivity index (χ2v) is 4.81. The highest BCUT2D eigenvalue weighted by Gasteiger charge is 2.13. The van der Waals surface area contributed by atoms with Gasteiger partial charge in [-0.25, -0.2) is 4.98 Å². The van der Waals surface area contributed by atoms with E-state index >= 15 is 0 Å². The molecule has 0 radical (unpaired) electrons. The van der Waals surface area contributed by atoms with Crippen LogP contribution in [0, 0.1) is 6.92 Å². The van der Waals surface area contributed by atoms with Crippen LogP contribution in [-0.4, -0.2) is 20.4 Å². The third kappa shape index (κ3) is 2.67. The van der Waals surface area contributed by atoms with Crippen LogP contribution in [-0.2, 0) is 11.3 Å². The number of thiazole rings is 1. The Morgan fingerprint density at radius 2 is 2.44 bits per heavy atom. The Balaban J connectivity index is 1.99. The first-order valence-electron chi connectivity index (χ1n) is 5.51. The number of hydrogen-bond donors (Lipinski definition) is 2. The normalized spacial score (nSPS) is 12.3. The Labute approximate surface area is 108 Å². The molecule has 1 unspecified atom stereocenters. The Kier molecular flexibility index (Phi) is 3.61. The summed E-state index contributed by atoms with van der Waals surface area (Å²) in [5.74, 6) is 0.486. The van der Waals surface area contributed by atoms with Crippen molar-refractivity contribution < 1.29 is 4.79 Å². The standard InChI is InChI=1S/C11H14N4O2S/c1-7-6-18-11(17)15(7)5-9(16)14-8(2)10-12-3-4-13-10/h3-4,6,8H,5H2,1-2H3,(H,12,13)(H,14,16). The maximum absolute atomic E-state index is 11.8. The summed E-state index contributed by atoms with van der Waals surface area (Å²) < 4.78 is 1.45. The third-order valence-corrected chi connectivity index (χ3v) is 3.47. The van der Waals surface area contributed by atoms with Crippen LogP contribution in [0.25, 0.3) is 0 Å². The van der Waals surface area contributed by atoms with E-state index in [1.165, 1.54) is 4.57 Å². The first kappa shape index (κ1) is 12.6. The summed E-state index contributed by atoms with van der Waals surface area (Å²) >= 11 is 1.10. The molecule has 0 aliphatic heterocycles. The molecule has 0 aliphatic carbocycles. The van der Waals surface area contributed by atoms with Crippen LogP contribution in [0.2, 0.25) is 0 Å². The van der Waals surface area contributed by atoms with Gasteiger partial charge in [-0.2, -0.15) is 0 Å². The summed E-state index contributed by atoms with van der Waals surface area (Å²) in [7, 11) is 0. The zero-order valence-electron chi connectivity index (χ0n) is 10.1. The third-order valence-electron chi connectivity index (χ3n) is 2.59. The van der Waals surface area contributed by atoms with Gasteiger partial charge in [0.2, 0.25) is 5.91 Å². The molecule has 0 fully saturated rings. The van der Waals surface area contributed by atoms with Gasteiger partial charge in [0, 0.05) is 23.5 Å². The molecule has 0 aromatic carbocycles. The van der Waals surface area contributed by atoms with E-state index in [-0.39, 0.29) is 23.4 Å². The van der Waals surface area contributed by atoms with Gasteiger partial charge in [-0.15, -0.1) is 0 Å². The highest BCUT2D eigenvalue weighted by Crippen LogP contribution is 2.05. The van der Waals surface area contributed by atoms with E-state index in [1.807, 2.05) is 6.92 Å². The smallest absolute Gasteiger partial charge is 0.307 e. The molecule has 0 aliphatic rings. The molecule has 96 valence electrons. The maximum atomic E-state index is 11.8. The topological polar surface area (TPSA) is 79.8 Å². The largest absolute Gasteiger partial charge is 0.347 e. The molecule has 18 heavy (non-hydrogen) atoms. The minimum Gasteiger partial charge on any atom is -0.347 e. The molecule has 0 spiro atoms. The van der Waals surface area contributed by atoms with E-state index in [2.05, 4.69) is 15.3 Å². The molecule has 0 saturated heterocycles. The molecule has 6 nitrogen and oxygen atoms in total. The van der Waals surface area contributed by atoms with E-state index < -0.39 is 0 Å². The van der Waals surface area contributed by atoms with Crippen molar-refractivity contribution >= 4 is 17.2 Å². The zero-order chi connectivity index (χ0) is 13.1. The van der Waals surface area contributed by atoms with Crippen molar-refractivity contribution in [1.29, 1.82) is 0 Å². The van der Waals surface area contributed by atoms with Crippen LogP contribution in [0.4, 0.5) is 0 Å². The molecule has 2 aromatic rings. The maximum Gasteiger partial charge on any atom is 0.307 e. The van der Waals surface area contributed by atoms with Gasteiger partial charge in [0.05, 0.1) is 6.04 Å². The quantitative estimate of drug-likeness (QED) is 0.859. The lowest BCUT2D eigenvalue weighted by molar-refractivity contribution is -0.122. The number of aryl methyl sites for hydroxylation is 1. The van der Waals surface area contributed by atoms with Crippen LogP contribution in [0.15, 0.2) is 22.6 Å². The van der Waals surface area contributed by atoms with Gasteiger partial charge in [0.15, 0.2) is 0 Å². The van der Waals surface area contributed by atoms with E-state index in [9.17, 15) is 9.59 Å². The molecule has 7 heteroatoms. The molecule has 2 heterocycles. The number of nitrogens with one attached hydrogen (secondary N) is 2. The fraction of sp³-hybridized carbons (Fsp3) is 0.364. The monoisotopic (exact) mass is 266 g/mol.